The molecule has 2 aromatic rings. The lowest BCUT2D eigenvalue weighted by molar-refractivity contribution is -0.124. The van der Waals surface area contributed by atoms with Gasteiger partial charge in [-0.2, -0.15) is 0 Å². The molecule has 0 heterocycles. The molecule has 0 bridgehead atoms. The third kappa shape index (κ3) is 6.82. The number of hydrogen-bond acceptors (Lipinski definition) is 3. The van der Waals surface area contributed by atoms with Gasteiger partial charge in [-0.25, -0.2) is 0 Å². The van der Waals surface area contributed by atoms with Crippen LogP contribution >= 0.6 is 24.0 Å². The molecule has 152 valence electrons. The number of hydrogen-bond donors (Lipinski definition) is 3. The van der Waals surface area contributed by atoms with Crippen LogP contribution in [0.2, 0.25) is 5.02 Å². The fourth-order valence-corrected chi connectivity index (χ4v) is 2.79. The van der Waals surface area contributed by atoms with Gasteiger partial charge >= 0.3 is 0 Å². The Hall–Kier alpha value is -2.08. The Bertz CT molecular complexity index is 754. The molecule has 0 aliphatic rings. The van der Waals surface area contributed by atoms with E-state index in [0.29, 0.717) is 17.1 Å². The first-order chi connectivity index (χ1) is 12.9. The Morgan fingerprint density at radius 2 is 1.68 bits per heavy atom. The van der Waals surface area contributed by atoms with Crippen molar-refractivity contribution in [2.24, 2.45) is 11.7 Å². The van der Waals surface area contributed by atoms with Crippen molar-refractivity contribution in [3.8, 4) is 0 Å². The Balaban J connectivity index is 0.00000392. The molecule has 7 heteroatoms. The van der Waals surface area contributed by atoms with Gasteiger partial charge < -0.3 is 16.4 Å². The number of amides is 2. The molecular formula is C21H27Cl2N3O2. The average molecular weight is 424 g/mol. The van der Waals surface area contributed by atoms with Gasteiger partial charge in [0.2, 0.25) is 5.91 Å². The van der Waals surface area contributed by atoms with Crippen LogP contribution in [0, 0.1) is 5.92 Å². The van der Waals surface area contributed by atoms with Crippen LogP contribution in [-0.4, -0.2) is 24.4 Å². The van der Waals surface area contributed by atoms with E-state index in [-0.39, 0.29) is 36.2 Å². The summed E-state index contributed by atoms with van der Waals surface area (Å²) in [5.41, 5.74) is 7.55. The lowest BCUT2D eigenvalue weighted by atomic mass is 9.97. The van der Waals surface area contributed by atoms with Gasteiger partial charge in [-0.15, -0.1) is 12.4 Å². The molecule has 0 aromatic heterocycles. The molecule has 28 heavy (non-hydrogen) atoms. The van der Waals surface area contributed by atoms with Crippen LogP contribution in [0.15, 0.2) is 54.6 Å². The molecule has 0 aliphatic carbocycles. The smallest absolute Gasteiger partial charge is 0.251 e. The Morgan fingerprint density at radius 1 is 1.07 bits per heavy atom. The standard InChI is InChI=1S/C21H26ClN3O2.ClH/c1-3-14(2)19(25-20(26)16-9-11-17(22)12-10-16)21(27)24-13-18(23)15-7-5-4-6-8-15;/h4-12,14,18-19H,3,13,23H2,1-2H3,(H,24,27)(H,25,26);1H. The minimum atomic E-state index is -0.638. The quantitative estimate of drug-likeness (QED) is 0.604. The first-order valence-corrected chi connectivity index (χ1v) is 9.44. The van der Waals surface area contributed by atoms with Gasteiger partial charge in [0.1, 0.15) is 6.04 Å². The lowest BCUT2D eigenvalue weighted by Gasteiger charge is -2.24. The van der Waals surface area contributed by atoms with Crippen molar-refractivity contribution in [1.82, 2.24) is 10.6 Å². The summed E-state index contributed by atoms with van der Waals surface area (Å²) in [7, 11) is 0. The zero-order chi connectivity index (χ0) is 19.8. The van der Waals surface area contributed by atoms with Crippen LogP contribution in [-0.2, 0) is 4.79 Å². The number of halogens is 2. The third-order valence-electron chi connectivity index (χ3n) is 4.61. The number of benzene rings is 2. The minimum Gasteiger partial charge on any atom is -0.352 e. The molecule has 2 amide bonds. The summed E-state index contributed by atoms with van der Waals surface area (Å²) in [6.07, 6.45) is 0.754. The van der Waals surface area contributed by atoms with Crippen LogP contribution in [0.3, 0.4) is 0 Å². The SMILES string of the molecule is CCC(C)C(NC(=O)c1ccc(Cl)cc1)C(=O)NCC(N)c1ccccc1.Cl. The molecule has 3 unspecified atom stereocenters. The van der Waals surface area contributed by atoms with Crippen LogP contribution in [0.5, 0.6) is 0 Å². The second-order valence-electron chi connectivity index (χ2n) is 6.61. The molecule has 0 saturated carbocycles. The van der Waals surface area contributed by atoms with Crippen molar-refractivity contribution >= 4 is 35.8 Å². The maximum atomic E-state index is 12.7. The number of nitrogens with two attached hydrogens (primary N) is 1. The second kappa shape index (κ2) is 11.7. The van der Waals surface area contributed by atoms with Crippen molar-refractivity contribution in [3.63, 3.8) is 0 Å². The van der Waals surface area contributed by atoms with Crippen LogP contribution < -0.4 is 16.4 Å². The highest BCUT2D eigenvalue weighted by Crippen LogP contribution is 2.13. The lowest BCUT2D eigenvalue weighted by Crippen LogP contribution is -2.51. The van der Waals surface area contributed by atoms with E-state index >= 15 is 0 Å². The van der Waals surface area contributed by atoms with E-state index in [9.17, 15) is 9.59 Å². The summed E-state index contributed by atoms with van der Waals surface area (Å²) in [4.78, 5) is 25.2. The number of carbonyl (C=O) groups is 2. The molecule has 0 saturated heterocycles. The van der Waals surface area contributed by atoms with Crippen LogP contribution in [0.1, 0.15) is 42.2 Å². The molecule has 2 rings (SSSR count). The maximum absolute atomic E-state index is 12.7. The molecule has 0 radical (unpaired) electrons. The zero-order valence-corrected chi connectivity index (χ0v) is 17.6. The fourth-order valence-electron chi connectivity index (χ4n) is 2.67. The molecule has 0 spiro atoms. The molecule has 3 atom stereocenters. The fraction of sp³-hybridized carbons (Fsp3) is 0.333. The van der Waals surface area contributed by atoms with Crippen molar-refractivity contribution in [1.29, 1.82) is 0 Å². The van der Waals surface area contributed by atoms with Gasteiger partial charge in [-0.1, -0.05) is 62.2 Å². The van der Waals surface area contributed by atoms with E-state index < -0.39 is 6.04 Å². The van der Waals surface area contributed by atoms with E-state index in [0.717, 1.165) is 12.0 Å². The molecule has 4 N–H and O–H groups in total. The van der Waals surface area contributed by atoms with Gasteiger partial charge in [-0.05, 0) is 35.7 Å². The summed E-state index contributed by atoms with van der Waals surface area (Å²) in [5, 5.41) is 6.25. The monoisotopic (exact) mass is 423 g/mol. The van der Waals surface area contributed by atoms with Crippen molar-refractivity contribution in [2.75, 3.05) is 6.54 Å². The first-order valence-electron chi connectivity index (χ1n) is 9.07. The second-order valence-corrected chi connectivity index (χ2v) is 7.04. The zero-order valence-electron chi connectivity index (χ0n) is 16.0. The Kier molecular flexibility index (Phi) is 10.0. The topological polar surface area (TPSA) is 84.2 Å². The molecule has 2 aromatic carbocycles. The highest BCUT2D eigenvalue weighted by molar-refractivity contribution is 6.30. The number of carbonyl (C=O) groups excluding carboxylic acids is 2. The van der Waals surface area contributed by atoms with Crippen molar-refractivity contribution in [2.45, 2.75) is 32.4 Å². The molecule has 0 aliphatic heterocycles. The Labute approximate surface area is 177 Å². The van der Waals surface area contributed by atoms with E-state index in [4.69, 9.17) is 17.3 Å². The number of nitrogens with one attached hydrogen (secondary N) is 2. The van der Waals surface area contributed by atoms with Crippen LogP contribution in [0.25, 0.3) is 0 Å². The van der Waals surface area contributed by atoms with E-state index in [2.05, 4.69) is 10.6 Å². The molecule has 0 fully saturated rings. The van der Waals surface area contributed by atoms with Crippen molar-refractivity contribution in [3.05, 3.63) is 70.7 Å². The van der Waals surface area contributed by atoms with Crippen molar-refractivity contribution < 1.29 is 9.59 Å². The predicted octanol–water partition coefficient (Wildman–Crippen LogP) is 3.72. The summed E-state index contributed by atoms with van der Waals surface area (Å²) in [6.45, 7) is 4.21. The highest BCUT2D eigenvalue weighted by Gasteiger charge is 2.26. The average Bonchev–Trinajstić information content (AvgIpc) is 2.70. The van der Waals surface area contributed by atoms with Gasteiger partial charge in [0.25, 0.3) is 5.91 Å². The largest absolute Gasteiger partial charge is 0.352 e. The minimum absolute atomic E-state index is 0. The van der Waals surface area contributed by atoms with E-state index in [1.54, 1.807) is 24.3 Å². The summed E-state index contributed by atoms with van der Waals surface area (Å²) < 4.78 is 0. The summed E-state index contributed by atoms with van der Waals surface area (Å²) in [6, 6.07) is 15.2. The van der Waals surface area contributed by atoms with Gasteiger partial charge in [0.05, 0.1) is 0 Å². The van der Waals surface area contributed by atoms with Gasteiger partial charge in [-0.3, -0.25) is 9.59 Å². The van der Waals surface area contributed by atoms with Crippen LogP contribution in [0.4, 0.5) is 0 Å². The van der Waals surface area contributed by atoms with E-state index in [1.165, 1.54) is 0 Å². The first kappa shape index (κ1) is 24.0. The normalized spacial score (nSPS) is 13.6. The predicted molar refractivity (Wildman–Crippen MR) is 116 cm³/mol. The Morgan fingerprint density at radius 3 is 2.25 bits per heavy atom. The summed E-state index contributed by atoms with van der Waals surface area (Å²) in [5.74, 6) is -0.563. The number of rotatable bonds is 8. The molecular weight excluding hydrogens is 397 g/mol. The highest BCUT2D eigenvalue weighted by atomic mass is 35.5. The van der Waals surface area contributed by atoms with E-state index in [1.807, 2.05) is 44.2 Å². The maximum Gasteiger partial charge on any atom is 0.251 e. The third-order valence-corrected chi connectivity index (χ3v) is 4.86. The van der Waals surface area contributed by atoms with Gasteiger partial charge in [0.15, 0.2) is 0 Å². The molecule has 5 nitrogen and oxygen atoms in total. The van der Waals surface area contributed by atoms with Gasteiger partial charge in [0, 0.05) is 23.2 Å². The summed E-state index contributed by atoms with van der Waals surface area (Å²) >= 11 is 5.86.